The number of aromatic nitrogens is 3. The summed E-state index contributed by atoms with van der Waals surface area (Å²) in [6, 6.07) is 0.454. The van der Waals surface area contributed by atoms with Crippen molar-refractivity contribution < 1.29 is 4.74 Å². The first-order valence-corrected chi connectivity index (χ1v) is 11.5. The van der Waals surface area contributed by atoms with E-state index in [1.807, 2.05) is 30.3 Å². The third kappa shape index (κ3) is 4.42. The number of guanidine groups is 1. The Morgan fingerprint density at radius 3 is 2.81 bits per heavy atom. The molecule has 152 valence electrons. The van der Waals surface area contributed by atoms with Crippen LogP contribution in [0.3, 0.4) is 0 Å². The maximum Gasteiger partial charge on any atom is 0.191 e. The van der Waals surface area contributed by atoms with Crippen LogP contribution >= 0.6 is 11.8 Å². The lowest BCUT2D eigenvalue weighted by Crippen LogP contribution is -2.68. The van der Waals surface area contributed by atoms with Crippen molar-refractivity contribution in [2.75, 3.05) is 25.2 Å². The SMILES string of the molecule is CCOC1CC(NC(=NCc2nnc(C)n2C)NCCCSC)C12CCC2. The predicted octanol–water partition coefficient (Wildman–Crippen LogP) is 2.26. The molecule has 0 saturated heterocycles. The highest BCUT2D eigenvalue weighted by molar-refractivity contribution is 7.98. The molecule has 0 aliphatic heterocycles. The van der Waals surface area contributed by atoms with Crippen LogP contribution in [0.5, 0.6) is 0 Å². The zero-order chi connectivity index (χ0) is 19.3. The Balaban J connectivity index is 1.63. The number of thioether (sulfide) groups is 1. The Kier molecular flexibility index (Phi) is 7.03. The second-order valence-electron chi connectivity index (χ2n) is 7.62. The molecule has 0 aromatic carbocycles. The van der Waals surface area contributed by atoms with Crippen molar-refractivity contribution in [3.05, 3.63) is 11.6 Å². The molecule has 7 nitrogen and oxygen atoms in total. The van der Waals surface area contributed by atoms with Crippen molar-refractivity contribution in [1.82, 2.24) is 25.4 Å². The maximum atomic E-state index is 5.98. The zero-order valence-corrected chi connectivity index (χ0v) is 17.9. The van der Waals surface area contributed by atoms with Crippen LogP contribution < -0.4 is 10.6 Å². The van der Waals surface area contributed by atoms with Crippen LogP contribution in [0, 0.1) is 12.3 Å². The summed E-state index contributed by atoms with van der Waals surface area (Å²) in [7, 11) is 1.99. The maximum absolute atomic E-state index is 5.98. The summed E-state index contributed by atoms with van der Waals surface area (Å²) in [5, 5.41) is 15.6. The average Bonchev–Trinajstić information content (AvgIpc) is 2.92. The Labute approximate surface area is 167 Å². The van der Waals surface area contributed by atoms with E-state index in [9.17, 15) is 0 Å². The van der Waals surface area contributed by atoms with Crippen molar-refractivity contribution in [3.8, 4) is 0 Å². The molecular formula is C19H34N6OS. The topological polar surface area (TPSA) is 76.4 Å². The largest absolute Gasteiger partial charge is 0.378 e. The van der Waals surface area contributed by atoms with Gasteiger partial charge in [-0.05, 0) is 51.5 Å². The van der Waals surface area contributed by atoms with E-state index in [0.717, 1.165) is 49.4 Å². The number of aryl methyl sites for hydroxylation is 1. The number of rotatable bonds is 9. The molecule has 0 amide bonds. The number of ether oxygens (including phenoxy) is 1. The first-order valence-electron chi connectivity index (χ1n) is 10.1. The van der Waals surface area contributed by atoms with E-state index in [4.69, 9.17) is 9.73 Å². The van der Waals surface area contributed by atoms with Crippen LogP contribution in [0.4, 0.5) is 0 Å². The van der Waals surface area contributed by atoms with Gasteiger partial charge in [0.25, 0.3) is 0 Å². The summed E-state index contributed by atoms with van der Waals surface area (Å²) in [6.07, 6.45) is 8.59. The van der Waals surface area contributed by atoms with Crippen LogP contribution in [0.1, 0.15) is 50.7 Å². The number of nitrogens with zero attached hydrogens (tertiary/aromatic N) is 4. The standard InChI is InChI=1S/C19H34N6OS/c1-5-26-16-12-15(19(16)8-6-9-19)22-18(20-10-7-11-27-4)21-13-17-24-23-14(2)25(17)3/h15-16H,5-13H2,1-4H3,(H2,20,21,22). The van der Waals surface area contributed by atoms with Crippen LogP contribution in [0.2, 0.25) is 0 Å². The fourth-order valence-corrected chi connectivity index (χ4v) is 4.55. The van der Waals surface area contributed by atoms with Gasteiger partial charge in [-0.3, -0.25) is 0 Å². The molecule has 1 heterocycles. The van der Waals surface area contributed by atoms with Crippen molar-refractivity contribution in [2.45, 2.75) is 64.6 Å². The molecule has 2 saturated carbocycles. The summed E-state index contributed by atoms with van der Waals surface area (Å²) in [5.41, 5.74) is 0.319. The number of hydrogen-bond acceptors (Lipinski definition) is 5. The minimum atomic E-state index is 0.319. The molecule has 2 unspecified atom stereocenters. The highest BCUT2D eigenvalue weighted by Gasteiger charge is 2.59. The average molecular weight is 395 g/mol. The van der Waals surface area contributed by atoms with Crippen LogP contribution in [0.15, 0.2) is 4.99 Å². The zero-order valence-electron chi connectivity index (χ0n) is 17.1. The van der Waals surface area contributed by atoms with E-state index in [2.05, 4.69) is 34.0 Å². The molecule has 1 spiro atoms. The lowest BCUT2D eigenvalue weighted by Gasteiger charge is -2.61. The van der Waals surface area contributed by atoms with Gasteiger partial charge in [-0.15, -0.1) is 10.2 Å². The van der Waals surface area contributed by atoms with Gasteiger partial charge in [0, 0.05) is 31.7 Å². The van der Waals surface area contributed by atoms with Crippen molar-refractivity contribution in [2.24, 2.45) is 17.5 Å². The lowest BCUT2D eigenvalue weighted by atomic mass is 9.51. The third-order valence-corrected chi connectivity index (χ3v) is 6.82. The Bertz CT molecular complexity index is 642. The number of aliphatic imine (C=N–C) groups is 1. The van der Waals surface area contributed by atoms with Gasteiger partial charge in [0.05, 0.1) is 6.10 Å². The highest BCUT2D eigenvalue weighted by Crippen LogP contribution is 2.57. The molecule has 8 heteroatoms. The van der Waals surface area contributed by atoms with E-state index in [1.54, 1.807) is 0 Å². The van der Waals surface area contributed by atoms with E-state index >= 15 is 0 Å². The quantitative estimate of drug-likeness (QED) is 0.380. The second-order valence-corrected chi connectivity index (χ2v) is 8.61. The molecule has 2 aliphatic rings. The lowest BCUT2D eigenvalue weighted by molar-refractivity contribution is -0.168. The van der Waals surface area contributed by atoms with Crippen LogP contribution in [-0.4, -0.2) is 58.0 Å². The van der Waals surface area contributed by atoms with Crippen LogP contribution in [-0.2, 0) is 18.3 Å². The summed E-state index contributed by atoms with van der Waals surface area (Å²) in [5.74, 6) is 3.84. The monoisotopic (exact) mass is 394 g/mol. The minimum Gasteiger partial charge on any atom is -0.378 e. The molecule has 2 atom stereocenters. The molecule has 2 fully saturated rings. The smallest absolute Gasteiger partial charge is 0.191 e. The number of hydrogen-bond donors (Lipinski definition) is 2. The Hall–Kier alpha value is -1.28. The van der Waals surface area contributed by atoms with Crippen molar-refractivity contribution >= 4 is 17.7 Å². The molecule has 27 heavy (non-hydrogen) atoms. The molecule has 2 N–H and O–H groups in total. The first kappa shape index (κ1) is 20.5. The van der Waals surface area contributed by atoms with Gasteiger partial charge in [-0.25, -0.2) is 4.99 Å². The second kappa shape index (κ2) is 9.28. The Morgan fingerprint density at radius 2 is 2.22 bits per heavy atom. The first-order chi connectivity index (χ1) is 13.1. The molecule has 0 bridgehead atoms. The van der Waals surface area contributed by atoms with E-state index < -0.39 is 0 Å². The summed E-state index contributed by atoms with van der Waals surface area (Å²) in [6.45, 7) is 6.32. The van der Waals surface area contributed by atoms with E-state index in [-0.39, 0.29) is 0 Å². The van der Waals surface area contributed by atoms with Crippen molar-refractivity contribution in [1.29, 1.82) is 0 Å². The molecule has 2 aliphatic carbocycles. The normalized spacial score (nSPS) is 23.8. The molecule has 1 aromatic rings. The van der Waals surface area contributed by atoms with Gasteiger partial charge in [-0.1, -0.05) is 6.42 Å². The minimum absolute atomic E-state index is 0.319. The molecule has 3 rings (SSSR count). The summed E-state index contributed by atoms with van der Waals surface area (Å²) >= 11 is 1.88. The van der Waals surface area contributed by atoms with Gasteiger partial charge in [0.15, 0.2) is 11.8 Å². The van der Waals surface area contributed by atoms with Gasteiger partial charge >= 0.3 is 0 Å². The van der Waals surface area contributed by atoms with Gasteiger partial charge in [-0.2, -0.15) is 11.8 Å². The fraction of sp³-hybridized carbons (Fsp3) is 0.842. The van der Waals surface area contributed by atoms with Gasteiger partial charge < -0.3 is 19.9 Å². The summed E-state index contributed by atoms with van der Waals surface area (Å²) < 4.78 is 7.98. The fourth-order valence-electron chi connectivity index (χ4n) is 4.12. The van der Waals surface area contributed by atoms with Crippen molar-refractivity contribution in [3.63, 3.8) is 0 Å². The predicted molar refractivity (Wildman–Crippen MR) is 111 cm³/mol. The molecule has 0 radical (unpaired) electrons. The highest BCUT2D eigenvalue weighted by atomic mass is 32.2. The third-order valence-electron chi connectivity index (χ3n) is 6.13. The van der Waals surface area contributed by atoms with Crippen LogP contribution in [0.25, 0.3) is 0 Å². The van der Waals surface area contributed by atoms with E-state index in [1.165, 1.54) is 19.3 Å². The van der Waals surface area contributed by atoms with Gasteiger partial charge in [0.1, 0.15) is 12.4 Å². The van der Waals surface area contributed by atoms with E-state index in [0.29, 0.717) is 24.1 Å². The molecular weight excluding hydrogens is 360 g/mol. The Morgan fingerprint density at radius 1 is 1.41 bits per heavy atom. The summed E-state index contributed by atoms with van der Waals surface area (Å²) in [4.78, 5) is 4.81. The number of nitrogens with one attached hydrogen (secondary N) is 2. The van der Waals surface area contributed by atoms with Gasteiger partial charge in [0.2, 0.25) is 0 Å². The molecule has 1 aromatic heterocycles.